The Balaban J connectivity index is 1.64. The molecule has 1 unspecified atom stereocenters. The molecule has 0 bridgehead atoms. The molecule has 2 aromatic carbocycles. The summed E-state index contributed by atoms with van der Waals surface area (Å²) in [6.45, 7) is 1.21. The highest BCUT2D eigenvalue weighted by molar-refractivity contribution is 5.43. The molecule has 0 fully saturated rings. The maximum Gasteiger partial charge on any atom is 0.161 e. The Hall–Kier alpha value is -2.04. The zero-order valence-corrected chi connectivity index (χ0v) is 13.6. The van der Waals surface area contributed by atoms with E-state index < -0.39 is 5.60 Å². The van der Waals surface area contributed by atoms with E-state index in [1.54, 1.807) is 14.2 Å². The maximum absolute atomic E-state index is 10.9. The van der Waals surface area contributed by atoms with Crippen LogP contribution in [0.5, 0.6) is 11.5 Å². The lowest BCUT2D eigenvalue weighted by atomic mass is 9.96. The first kappa shape index (κ1) is 15.8. The van der Waals surface area contributed by atoms with Crippen LogP contribution >= 0.6 is 0 Å². The summed E-state index contributed by atoms with van der Waals surface area (Å²) < 4.78 is 10.6. The van der Waals surface area contributed by atoms with Gasteiger partial charge in [-0.1, -0.05) is 30.3 Å². The summed E-state index contributed by atoms with van der Waals surface area (Å²) in [6.07, 6.45) is 1.70. The van der Waals surface area contributed by atoms with Gasteiger partial charge in [-0.3, -0.25) is 0 Å². The SMILES string of the molecule is COc1ccc(CNCC2(O)CCc3ccccc32)cc1OC. The predicted octanol–water partition coefficient (Wildman–Crippen LogP) is 2.63. The van der Waals surface area contributed by atoms with Crippen molar-refractivity contribution < 1.29 is 14.6 Å². The largest absolute Gasteiger partial charge is 0.493 e. The van der Waals surface area contributed by atoms with Gasteiger partial charge in [0.05, 0.1) is 14.2 Å². The van der Waals surface area contributed by atoms with Crippen LogP contribution in [-0.2, 0) is 18.6 Å². The van der Waals surface area contributed by atoms with Gasteiger partial charge < -0.3 is 19.9 Å². The Labute approximate surface area is 137 Å². The molecule has 1 aliphatic rings. The number of hydrogen-bond acceptors (Lipinski definition) is 4. The quantitative estimate of drug-likeness (QED) is 0.861. The van der Waals surface area contributed by atoms with Crippen molar-refractivity contribution >= 4 is 0 Å². The third-order valence-corrected chi connectivity index (χ3v) is 4.52. The fourth-order valence-corrected chi connectivity index (χ4v) is 3.26. The van der Waals surface area contributed by atoms with Gasteiger partial charge in [0, 0.05) is 13.1 Å². The molecular formula is C19H23NO3. The smallest absolute Gasteiger partial charge is 0.161 e. The highest BCUT2D eigenvalue weighted by Gasteiger charge is 2.35. The third kappa shape index (κ3) is 3.19. The lowest BCUT2D eigenvalue weighted by molar-refractivity contribution is 0.0384. The number of methoxy groups -OCH3 is 2. The average molecular weight is 313 g/mol. The van der Waals surface area contributed by atoms with Crippen LogP contribution in [0, 0.1) is 0 Å². The summed E-state index contributed by atoms with van der Waals surface area (Å²) in [5.74, 6) is 1.44. The molecule has 0 spiro atoms. The molecule has 3 rings (SSSR count). The number of ether oxygens (including phenoxy) is 2. The van der Waals surface area contributed by atoms with E-state index in [4.69, 9.17) is 9.47 Å². The van der Waals surface area contributed by atoms with Crippen LogP contribution < -0.4 is 14.8 Å². The monoisotopic (exact) mass is 313 g/mol. The zero-order valence-electron chi connectivity index (χ0n) is 13.6. The number of benzene rings is 2. The Morgan fingerprint density at radius 1 is 1.09 bits per heavy atom. The van der Waals surface area contributed by atoms with Crippen LogP contribution in [0.4, 0.5) is 0 Å². The van der Waals surface area contributed by atoms with Gasteiger partial charge in [0.1, 0.15) is 5.60 Å². The van der Waals surface area contributed by atoms with Crippen molar-refractivity contribution in [1.29, 1.82) is 0 Å². The van der Waals surface area contributed by atoms with Crippen LogP contribution in [0.15, 0.2) is 42.5 Å². The summed E-state index contributed by atoms with van der Waals surface area (Å²) in [4.78, 5) is 0. The van der Waals surface area contributed by atoms with Gasteiger partial charge in [-0.05, 0) is 41.7 Å². The van der Waals surface area contributed by atoms with E-state index in [2.05, 4.69) is 11.4 Å². The van der Waals surface area contributed by atoms with Crippen LogP contribution in [0.25, 0.3) is 0 Å². The van der Waals surface area contributed by atoms with Crippen LogP contribution in [-0.4, -0.2) is 25.9 Å². The topological polar surface area (TPSA) is 50.7 Å². The molecule has 122 valence electrons. The fourth-order valence-electron chi connectivity index (χ4n) is 3.26. The van der Waals surface area contributed by atoms with E-state index in [1.807, 2.05) is 36.4 Å². The number of nitrogens with one attached hydrogen (secondary N) is 1. The lowest BCUT2D eigenvalue weighted by Gasteiger charge is -2.24. The fraction of sp³-hybridized carbons (Fsp3) is 0.368. The molecular weight excluding hydrogens is 290 g/mol. The van der Waals surface area contributed by atoms with Crippen LogP contribution in [0.3, 0.4) is 0 Å². The number of aliphatic hydroxyl groups is 1. The predicted molar refractivity (Wildman–Crippen MR) is 89.9 cm³/mol. The maximum atomic E-state index is 10.9. The number of rotatable bonds is 6. The Morgan fingerprint density at radius 2 is 1.87 bits per heavy atom. The molecule has 0 radical (unpaired) electrons. The van der Waals surface area contributed by atoms with Gasteiger partial charge >= 0.3 is 0 Å². The number of aryl methyl sites for hydroxylation is 1. The Kier molecular flexibility index (Phi) is 4.55. The van der Waals surface area contributed by atoms with Crippen LogP contribution in [0.2, 0.25) is 0 Å². The molecule has 0 amide bonds. The molecule has 1 atom stereocenters. The van der Waals surface area contributed by atoms with E-state index >= 15 is 0 Å². The second-order valence-electron chi connectivity index (χ2n) is 5.98. The molecule has 2 aromatic rings. The van der Waals surface area contributed by atoms with Gasteiger partial charge in [-0.25, -0.2) is 0 Å². The number of fused-ring (bicyclic) bond motifs is 1. The van der Waals surface area contributed by atoms with E-state index in [1.165, 1.54) is 5.56 Å². The highest BCUT2D eigenvalue weighted by Crippen LogP contribution is 2.36. The molecule has 23 heavy (non-hydrogen) atoms. The van der Waals surface area contributed by atoms with Crippen molar-refractivity contribution in [3.8, 4) is 11.5 Å². The van der Waals surface area contributed by atoms with Crippen molar-refractivity contribution in [3.05, 3.63) is 59.2 Å². The van der Waals surface area contributed by atoms with Crippen LogP contribution in [0.1, 0.15) is 23.1 Å². The van der Waals surface area contributed by atoms with Gasteiger partial charge in [0.25, 0.3) is 0 Å². The first-order valence-electron chi connectivity index (χ1n) is 7.89. The molecule has 4 heteroatoms. The third-order valence-electron chi connectivity index (χ3n) is 4.52. The molecule has 0 heterocycles. The highest BCUT2D eigenvalue weighted by atomic mass is 16.5. The Bertz CT molecular complexity index is 686. The first-order valence-corrected chi connectivity index (χ1v) is 7.89. The summed E-state index contributed by atoms with van der Waals surface area (Å²) in [5.41, 5.74) is 2.63. The molecule has 1 aliphatic carbocycles. The second-order valence-corrected chi connectivity index (χ2v) is 5.98. The van der Waals surface area contributed by atoms with E-state index in [0.29, 0.717) is 13.1 Å². The average Bonchev–Trinajstić information content (AvgIpc) is 2.92. The Morgan fingerprint density at radius 3 is 2.65 bits per heavy atom. The molecule has 0 aromatic heterocycles. The first-order chi connectivity index (χ1) is 11.2. The normalized spacial score (nSPS) is 19.4. The van der Waals surface area contributed by atoms with Crippen molar-refractivity contribution in [1.82, 2.24) is 5.32 Å². The molecule has 2 N–H and O–H groups in total. The molecule has 0 saturated carbocycles. The van der Waals surface area contributed by atoms with Crippen molar-refractivity contribution in [2.75, 3.05) is 20.8 Å². The van der Waals surface area contributed by atoms with Crippen molar-refractivity contribution in [2.45, 2.75) is 25.0 Å². The van der Waals surface area contributed by atoms with E-state index in [9.17, 15) is 5.11 Å². The van der Waals surface area contributed by atoms with Gasteiger partial charge in [0.2, 0.25) is 0 Å². The minimum Gasteiger partial charge on any atom is -0.493 e. The molecule has 0 saturated heterocycles. The lowest BCUT2D eigenvalue weighted by Crippen LogP contribution is -2.35. The molecule has 0 aliphatic heterocycles. The second kappa shape index (κ2) is 6.60. The summed E-state index contributed by atoms with van der Waals surface area (Å²) >= 11 is 0. The number of hydrogen-bond donors (Lipinski definition) is 2. The summed E-state index contributed by atoms with van der Waals surface area (Å²) in [5, 5.41) is 14.3. The van der Waals surface area contributed by atoms with Crippen molar-refractivity contribution in [3.63, 3.8) is 0 Å². The summed E-state index contributed by atoms with van der Waals surface area (Å²) in [6, 6.07) is 14.0. The minimum absolute atomic E-state index is 0.540. The van der Waals surface area contributed by atoms with E-state index in [-0.39, 0.29) is 0 Å². The molecule has 4 nitrogen and oxygen atoms in total. The summed E-state index contributed by atoms with van der Waals surface area (Å²) in [7, 11) is 3.26. The van der Waals surface area contributed by atoms with Gasteiger partial charge in [-0.2, -0.15) is 0 Å². The van der Waals surface area contributed by atoms with Crippen molar-refractivity contribution in [2.24, 2.45) is 0 Å². The minimum atomic E-state index is -0.771. The standard InChI is InChI=1S/C19H23NO3/c1-22-17-8-7-14(11-18(17)23-2)12-20-13-19(21)10-9-15-5-3-4-6-16(15)19/h3-8,11,20-21H,9-10,12-13H2,1-2H3. The zero-order chi connectivity index (χ0) is 16.3. The van der Waals surface area contributed by atoms with Gasteiger partial charge in [0.15, 0.2) is 11.5 Å². The van der Waals surface area contributed by atoms with E-state index in [0.717, 1.165) is 35.5 Å². The van der Waals surface area contributed by atoms with Gasteiger partial charge in [-0.15, -0.1) is 0 Å².